The molecule has 0 N–H and O–H groups in total. The first kappa shape index (κ1) is 10.9. The van der Waals surface area contributed by atoms with Crippen LogP contribution >= 0.6 is 0 Å². The van der Waals surface area contributed by atoms with Crippen LogP contribution in [0.5, 0.6) is 0 Å². The molecule has 0 atom stereocenters. The number of nitrogens with zero attached hydrogens (tertiary/aromatic N) is 2. The number of aromatic nitrogens is 2. The molecule has 3 heteroatoms. The highest BCUT2D eigenvalue weighted by molar-refractivity contribution is 5.66. The number of halogens is 1. The van der Waals surface area contributed by atoms with Gasteiger partial charge in [-0.3, -0.25) is 4.68 Å². The quantitative estimate of drug-likeness (QED) is 0.755. The molecule has 0 aliphatic heterocycles. The first-order valence-electron chi connectivity index (χ1n) is 5.36. The summed E-state index contributed by atoms with van der Waals surface area (Å²) in [6.07, 6.45) is 3.67. The Morgan fingerprint density at radius 3 is 2.62 bits per heavy atom. The zero-order valence-corrected chi connectivity index (χ0v) is 9.74. The van der Waals surface area contributed by atoms with E-state index in [1.54, 1.807) is 16.9 Å². The van der Waals surface area contributed by atoms with Gasteiger partial charge < -0.3 is 0 Å². The van der Waals surface area contributed by atoms with Gasteiger partial charge in [0.25, 0.3) is 0 Å². The Morgan fingerprint density at radius 2 is 2.06 bits per heavy atom. The van der Waals surface area contributed by atoms with E-state index >= 15 is 0 Å². The summed E-state index contributed by atoms with van der Waals surface area (Å²) in [5.41, 5.74) is 3.04. The van der Waals surface area contributed by atoms with Crippen LogP contribution < -0.4 is 0 Å². The molecule has 2 aromatic rings. The highest BCUT2D eigenvalue weighted by Gasteiger charge is 2.10. The van der Waals surface area contributed by atoms with Crippen LogP contribution in [0.3, 0.4) is 0 Å². The van der Waals surface area contributed by atoms with Gasteiger partial charge in [0.2, 0.25) is 0 Å². The first-order chi connectivity index (χ1) is 7.58. The molecule has 16 heavy (non-hydrogen) atoms. The van der Waals surface area contributed by atoms with Crippen molar-refractivity contribution in [2.45, 2.75) is 19.8 Å². The van der Waals surface area contributed by atoms with Crippen molar-refractivity contribution in [3.63, 3.8) is 0 Å². The summed E-state index contributed by atoms with van der Waals surface area (Å²) in [4.78, 5) is 0. The topological polar surface area (TPSA) is 17.8 Å². The lowest BCUT2D eigenvalue weighted by molar-refractivity contribution is 0.627. The van der Waals surface area contributed by atoms with Gasteiger partial charge in [-0.1, -0.05) is 19.9 Å². The molecule has 1 aromatic carbocycles. The van der Waals surface area contributed by atoms with Gasteiger partial charge >= 0.3 is 0 Å². The van der Waals surface area contributed by atoms with Crippen LogP contribution in [0.4, 0.5) is 4.39 Å². The van der Waals surface area contributed by atoms with Crippen LogP contribution in [-0.2, 0) is 7.05 Å². The van der Waals surface area contributed by atoms with Crippen molar-refractivity contribution in [3.05, 3.63) is 42.0 Å². The summed E-state index contributed by atoms with van der Waals surface area (Å²) in [5.74, 6) is 0.166. The summed E-state index contributed by atoms with van der Waals surface area (Å²) in [7, 11) is 1.86. The Balaban J connectivity index is 2.57. The molecule has 0 saturated carbocycles. The predicted octanol–water partition coefficient (Wildman–Crippen LogP) is 3.35. The molecule has 0 amide bonds. The van der Waals surface area contributed by atoms with Gasteiger partial charge in [-0.2, -0.15) is 5.10 Å². The standard InChI is InChI=1S/C13H15FN2/c1-9(2)12-5-4-11(14)6-13(12)10-7-15-16(3)8-10/h4-9H,1-3H3. The highest BCUT2D eigenvalue weighted by Crippen LogP contribution is 2.29. The summed E-state index contributed by atoms with van der Waals surface area (Å²) in [6, 6.07) is 4.93. The third kappa shape index (κ3) is 1.98. The molecule has 0 unspecified atom stereocenters. The summed E-state index contributed by atoms with van der Waals surface area (Å²) in [5, 5.41) is 4.12. The fourth-order valence-corrected chi connectivity index (χ4v) is 1.84. The molecule has 0 fully saturated rings. The van der Waals surface area contributed by atoms with Crippen molar-refractivity contribution in [1.29, 1.82) is 0 Å². The van der Waals surface area contributed by atoms with Gasteiger partial charge in [-0.05, 0) is 29.2 Å². The fourth-order valence-electron chi connectivity index (χ4n) is 1.84. The van der Waals surface area contributed by atoms with Crippen LogP contribution in [0.15, 0.2) is 30.6 Å². The Labute approximate surface area is 94.7 Å². The number of hydrogen-bond donors (Lipinski definition) is 0. The van der Waals surface area contributed by atoms with Crippen molar-refractivity contribution in [3.8, 4) is 11.1 Å². The van der Waals surface area contributed by atoms with Crippen molar-refractivity contribution in [2.24, 2.45) is 7.05 Å². The van der Waals surface area contributed by atoms with Crippen LogP contribution in [0.25, 0.3) is 11.1 Å². The summed E-state index contributed by atoms with van der Waals surface area (Å²) in [6.45, 7) is 4.21. The summed E-state index contributed by atoms with van der Waals surface area (Å²) < 4.78 is 15.0. The van der Waals surface area contributed by atoms with E-state index in [0.717, 1.165) is 16.7 Å². The van der Waals surface area contributed by atoms with Crippen molar-refractivity contribution in [1.82, 2.24) is 9.78 Å². The van der Waals surface area contributed by atoms with E-state index < -0.39 is 0 Å². The maximum atomic E-state index is 13.3. The molecule has 0 saturated heterocycles. The highest BCUT2D eigenvalue weighted by atomic mass is 19.1. The van der Waals surface area contributed by atoms with Crippen LogP contribution in [0.2, 0.25) is 0 Å². The van der Waals surface area contributed by atoms with Crippen LogP contribution in [0, 0.1) is 5.82 Å². The lowest BCUT2D eigenvalue weighted by Gasteiger charge is -2.11. The minimum absolute atomic E-state index is 0.205. The van der Waals surface area contributed by atoms with E-state index in [1.807, 2.05) is 19.3 Å². The molecule has 0 bridgehead atoms. The van der Waals surface area contributed by atoms with E-state index in [4.69, 9.17) is 0 Å². The van der Waals surface area contributed by atoms with Crippen molar-refractivity contribution in [2.75, 3.05) is 0 Å². The Morgan fingerprint density at radius 1 is 1.31 bits per heavy atom. The third-order valence-electron chi connectivity index (χ3n) is 2.65. The van der Waals surface area contributed by atoms with E-state index in [2.05, 4.69) is 18.9 Å². The van der Waals surface area contributed by atoms with Gasteiger partial charge in [0.15, 0.2) is 0 Å². The van der Waals surface area contributed by atoms with Gasteiger partial charge in [-0.15, -0.1) is 0 Å². The molecule has 84 valence electrons. The van der Waals surface area contributed by atoms with Crippen LogP contribution in [0.1, 0.15) is 25.3 Å². The molecule has 1 heterocycles. The van der Waals surface area contributed by atoms with Gasteiger partial charge in [0.05, 0.1) is 6.20 Å². The SMILES string of the molecule is CC(C)c1ccc(F)cc1-c1cnn(C)c1. The molecule has 2 nitrogen and oxygen atoms in total. The maximum Gasteiger partial charge on any atom is 0.123 e. The molecule has 0 radical (unpaired) electrons. The fraction of sp³-hybridized carbons (Fsp3) is 0.308. The molecule has 0 spiro atoms. The molecular formula is C13H15FN2. The van der Waals surface area contributed by atoms with E-state index in [-0.39, 0.29) is 5.82 Å². The average molecular weight is 218 g/mol. The number of benzene rings is 1. The zero-order chi connectivity index (χ0) is 11.7. The molecule has 2 rings (SSSR count). The minimum Gasteiger partial charge on any atom is -0.275 e. The van der Waals surface area contributed by atoms with Crippen molar-refractivity contribution >= 4 is 0 Å². The van der Waals surface area contributed by atoms with Crippen molar-refractivity contribution < 1.29 is 4.39 Å². The average Bonchev–Trinajstić information content (AvgIpc) is 2.64. The Kier molecular flexibility index (Phi) is 2.77. The lowest BCUT2D eigenvalue weighted by atomic mass is 9.94. The molecular weight excluding hydrogens is 203 g/mol. The van der Waals surface area contributed by atoms with Gasteiger partial charge in [0, 0.05) is 18.8 Å². The monoisotopic (exact) mass is 218 g/mol. The molecule has 1 aromatic heterocycles. The Bertz CT molecular complexity index is 500. The predicted molar refractivity (Wildman–Crippen MR) is 62.7 cm³/mol. The van der Waals surface area contributed by atoms with Gasteiger partial charge in [-0.25, -0.2) is 4.39 Å². The zero-order valence-electron chi connectivity index (χ0n) is 9.74. The van der Waals surface area contributed by atoms with Gasteiger partial charge in [0.1, 0.15) is 5.82 Å². The third-order valence-corrected chi connectivity index (χ3v) is 2.65. The number of rotatable bonds is 2. The second-order valence-corrected chi connectivity index (χ2v) is 4.29. The Hall–Kier alpha value is -1.64. The van der Waals surface area contributed by atoms with E-state index in [1.165, 1.54) is 6.07 Å². The largest absolute Gasteiger partial charge is 0.275 e. The van der Waals surface area contributed by atoms with E-state index in [9.17, 15) is 4.39 Å². The maximum absolute atomic E-state index is 13.3. The second-order valence-electron chi connectivity index (χ2n) is 4.29. The first-order valence-corrected chi connectivity index (χ1v) is 5.36. The number of hydrogen-bond acceptors (Lipinski definition) is 1. The van der Waals surface area contributed by atoms with Crippen LogP contribution in [-0.4, -0.2) is 9.78 Å². The summed E-state index contributed by atoms with van der Waals surface area (Å²) >= 11 is 0. The minimum atomic E-state index is -0.205. The molecule has 0 aliphatic rings. The second kappa shape index (κ2) is 4.08. The normalized spacial score (nSPS) is 11.1. The number of aryl methyl sites for hydroxylation is 1. The lowest BCUT2D eigenvalue weighted by Crippen LogP contribution is -1.93. The van der Waals surface area contributed by atoms with E-state index in [0.29, 0.717) is 5.92 Å². The molecule has 0 aliphatic carbocycles. The smallest absolute Gasteiger partial charge is 0.123 e.